The van der Waals surface area contributed by atoms with E-state index in [0.717, 1.165) is 32.9 Å². The van der Waals surface area contributed by atoms with Gasteiger partial charge >= 0.3 is 7.12 Å². The van der Waals surface area contributed by atoms with Crippen LogP contribution in [-0.4, -0.2) is 32.7 Å². The number of fused-ring (bicyclic) bond motifs is 6. The Morgan fingerprint density at radius 1 is 0.923 bits per heavy atom. The third-order valence-corrected chi connectivity index (χ3v) is 5.75. The summed E-state index contributed by atoms with van der Waals surface area (Å²) in [5, 5.41) is 2.13. The molecular formula is C20H20BN3O2. The van der Waals surface area contributed by atoms with Crippen molar-refractivity contribution in [3.05, 3.63) is 48.9 Å². The van der Waals surface area contributed by atoms with Crippen molar-refractivity contribution in [3.8, 4) is 0 Å². The molecule has 0 aliphatic carbocycles. The van der Waals surface area contributed by atoms with Gasteiger partial charge in [0.2, 0.25) is 0 Å². The Morgan fingerprint density at radius 3 is 2.46 bits per heavy atom. The van der Waals surface area contributed by atoms with Crippen molar-refractivity contribution < 1.29 is 9.31 Å². The van der Waals surface area contributed by atoms with Crippen LogP contribution in [-0.2, 0) is 9.31 Å². The van der Waals surface area contributed by atoms with Gasteiger partial charge in [-0.2, -0.15) is 0 Å². The molecule has 3 aromatic heterocycles. The monoisotopic (exact) mass is 345 g/mol. The number of aromatic nitrogens is 3. The van der Waals surface area contributed by atoms with Crippen molar-refractivity contribution in [3.63, 3.8) is 0 Å². The molecule has 4 heterocycles. The summed E-state index contributed by atoms with van der Waals surface area (Å²) in [5.74, 6) is 0. The van der Waals surface area contributed by atoms with Crippen LogP contribution in [0, 0.1) is 0 Å². The number of nitrogens with zero attached hydrogens (tertiary/aromatic N) is 3. The molecule has 0 atom stereocenters. The van der Waals surface area contributed by atoms with Gasteiger partial charge in [-0.3, -0.25) is 9.38 Å². The third kappa shape index (κ3) is 2.06. The number of hydrogen-bond donors (Lipinski definition) is 0. The van der Waals surface area contributed by atoms with Crippen molar-refractivity contribution >= 4 is 40.0 Å². The Bertz CT molecular complexity index is 1150. The molecule has 6 heteroatoms. The maximum atomic E-state index is 6.21. The van der Waals surface area contributed by atoms with Crippen molar-refractivity contribution in [1.29, 1.82) is 0 Å². The molecule has 1 saturated heterocycles. The standard InChI is InChI=1S/C20H20BN3O2/c1-19(2)20(3,4)26-21(25-19)13-7-8-14-15(12-13)18-23-10-11-24(18)16-6-5-9-22-17(14)16/h5-12H,1-4H3. The molecule has 0 spiro atoms. The summed E-state index contributed by atoms with van der Waals surface area (Å²) in [4.78, 5) is 9.18. The first kappa shape index (κ1) is 15.8. The summed E-state index contributed by atoms with van der Waals surface area (Å²) in [6, 6.07) is 10.3. The van der Waals surface area contributed by atoms with Crippen molar-refractivity contribution in [1.82, 2.24) is 14.4 Å². The van der Waals surface area contributed by atoms with Gasteiger partial charge in [0, 0.05) is 29.4 Å². The zero-order valence-electron chi connectivity index (χ0n) is 15.4. The van der Waals surface area contributed by atoms with Crippen molar-refractivity contribution in [2.75, 3.05) is 0 Å². The summed E-state index contributed by atoms with van der Waals surface area (Å²) in [6.45, 7) is 8.27. The summed E-state index contributed by atoms with van der Waals surface area (Å²) in [5.41, 5.74) is 3.21. The lowest BCUT2D eigenvalue weighted by atomic mass is 9.78. The van der Waals surface area contributed by atoms with Gasteiger partial charge in [-0.05, 0) is 45.3 Å². The summed E-state index contributed by atoms with van der Waals surface area (Å²) in [7, 11) is -0.390. The molecule has 1 aliphatic heterocycles. The first-order valence-electron chi connectivity index (χ1n) is 8.86. The molecule has 5 rings (SSSR count). The molecule has 1 fully saturated rings. The molecule has 0 unspecified atom stereocenters. The SMILES string of the molecule is CC1(C)OB(c2ccc3c(c2)c2nccn2c2cccnc32)OC1(C)C. The third-order valence-electron chi connectivity index (χ3n) is 5.75. The number of imidazole rings is 1. The molecule has 26 heavy (non-hydrogen) atoms. The molecule has 5 nitrogen and oxygen atoms in total. The first-order chi connectivity index (χ1) is 12.4. The van der Waals surface area contributed by atoms with E-state index in [9.17, 15) is 0 Å². The molecule has 0 N–H and O–H groups in total. The largest absolute Gasteiger partial charge is 0.494 e. The van der Waals surface area contributed by atoms with E-state index < -0.39 is 0 Å². The summed E-state index contributed by atoms with van der Waals surface area (Å²) in [6.07, 6.45) is 5.62. The van der Waals surface area contributed by atoms with E-state index in [1.807, 2.05) is 24.7 Å². The molecular weight excluding hydrogens is 325 g/mol. The molecule has 0 bridgehead atoms. The van der Waals surface area contributed by atoms with Crippen LogP contribution >= 0.6 is 0 Å². The van der Waals surface area contributed by atoms with E-state index in [2.05, 4.69) is 66.3 Å². The molecule has 130 valence electrons. The van der Waals surface area contributed by atoms with Crippen LogP contribution in [0.2, 0.25) is 0 Å². The topological polar surface area (TPSA) is 48.7 Å². The Hall–Kier alpha value is -2.44. The highest BCUT2D eigenvalue weighted by atomic mass is 16.7. The van der Waals surface area contributed by atoms with Gasteiger partial charge in [0.25, 0.3) is 0 Å². The number of benzene rings is 1. The van der Waals surface area contributed by atoms with Crippen LogP contribution in [0.1, 0.15) is 27.7 Å². The van der Waals surface area contributed by atoms with E-state index in [1.165, 1.54) is 0 Å². The second-order valence-corrected chi connectivity index (χ2v) is 7.89. The van der Waals surface area contributed by atoms with Crippen LogP contribution in [0.4, 0.5) is 0 Å². The van der Waals surface area contributed by atoms with E-state index in [4.69, 9.17) is 9.31 Å². The minimum atomic E-state index is -0.390. The molecule has 0 radical (unpaired) electrons. The number of hydrogen-bond acceptors (Lipinski definition) is 4. The van der Waals surface area contributed by atoms with Gasteiger partial charge in [-0.25, -0.2) is 4.98 Å². The number of pyridine rings is 2. The van der Waals surface area contributed by atoms with Crippen molar-refractivity contribution in [2.24, 2.45) is 0 Å². The minimum Gasteiger partial charge on any atom is -0.399 e. The highest BCUT2D eigenvalue weighted by Crippen LogP contribution is 2.37. The highest BCUT2D eigenvalue weighted by molar-refractivity contribution is 6.62. The Morgan fingerprint density at radius 2 is 1.69 bits per heavy atom. The zero-order chi connectivity index (χ0) is 18.1. The predicted molar refractivity (Wildman–Crippen MR) is 104 cm³/mol. The second-order valence-electron chi connectivity index (χ2n) is 7.89. The van der Waals surface area contributed by atoms with E-state index >= 15 is 0 Å². The van der Waals surface area contributed by atoms with Crippen LogP contribution in [0.15, 0.2) is 48.9 Å². The average Bonchev–Trinajstić information content (AvgIpc) is 3.18. The fourth-order valence-electron chi connectivity index (χ4n) is 3.57. The van der Waals surface area contributed by atoms with Gasteiger partial charge in [-0.1, -0.05) is 18.2 Å². The maximum Gasteiger partial charge on any atom is 0.494 e. The zero-order valence-corrected chi connectivity index (χ0v) is 15.4. The van der Waals surface area contributed by atoms with Crippen molar-refractivity contribution in [2.45, 2.75) is 38.9 Å². The lowest BCUT2D eigenvalue weighted by Gasteiger charge is -2.32. The van der Waals surface area contributed by atoms with Crippen LogP contribution < -0.4 is 5.46 Å². The average molecular weight is 345 g/mol. The lowest BCUT2D eigenvalue weighted by Crippen LogP contribution is -2.41. The Labute approximate surface area is 152 Å². The predicted octanol–water partition coefficient (Wildman–Crippen LogP) is 3.33. The smallest absolute Gasteiger partial charge is 0.399 e. The maximum absolute atomic E-state index is 6.21. The lowest BCUT2D eigenvalue weighted by molar-refractivity contribution is 0.00578. The van der Waals surface area contributed by atoms with Gasteiger partial charge < -0.3 is 9.31 Å². The van der Waals surface area contributed by atoms with Crippen LogP contribution in [0.3, 0.4) is 0 Å². The van der Waals surface area contributed by atoms with Gasteiger partial charge in [0.15, 0.2) is 0 Å². The van der Waals surface area contributed by atoms with Gasteiger partial charge in [-0.15, -0.1) is 0 Å². The molecule has 1 aliphatic rings. The molecule has 1 aromatic carbocycles. The first-order valence-corrected chi connectivity index (χ1v) is 8.86. The summed E-state index contributed by atoms with van der Waals surface area (Å²) >= 11 is 0. The quantitative estimate of drug-likeness (QED) is 0.392. The van der Waals surface area contributed by atoms with E-state index in [0.29, 0.717) is 0 Å². The number of rotatable bonds is 1. The summed E-state index contributed by atoms with van der Waals surface area (Å²) < 4.78 is 14.5. The van der Waals surface area contributed by atoms with E-state index in [1.54, 1.807) is 0 Å². The van der Waals surface area contributed by atoms with Gasteiger partial charge in [0.05, 0.1) is 22.2 Å². The highest BCUT2D eigenvalue weighted by Gasteiger charge is 2.51. The Kier molecular flexibility index (Phi) is 3.07. The minimum absolute atomic E-state index is 0.361. The fourth-order valence-corrected chi connectivity index (χ4v) is 3.57. The molecule has 4 aromatic rings. The normalized spacial score (nSPS) is 19.0. The molecule has 0 saturated carbocycles. The second kappa shape index (κ2) is 5.05. The van der Waals surface area contributed by atoms with E-state index in [-0.39, 0.29) is 18.3 Å². The van der Waals surface area contributed by atoms with Crippen LogP contribution in [0.25, 0.3) is 27.5 Å². The molecule has 0 amide bonds. The van der Waals surface area contributed by atoms with Gasteiger partial charge in [0.1, 0.15) is 5.65 Å². The van der Waals surface area contributed by atoms with Crippen LogP contribution in [0.5, 0.6) is 0 Å². The Balaban J connectivity index is 1.75. The fraction of sp³-hybridized carbons (Fsp3) is 0.300.